The molecule has 20 heavy (non-hydrogen) atoms. The maximum Gasteiger partial charge on any atom is 0.231 e. The van der Waals surface area contributed by atoms with Gasteiger partial charge >= 0.3 is 0 Å². The molecule has 1 heterocycles. The van der Waals surface area contributed by atoms with E-state index in [1.165, 1.54) is 6.08 Å². The van der Waals surface area contributed by atoms with E-state index in [1.807, 2.05) is 0 Å². The largest absolute Gasteiger partial charge is 0.507 e. The van der Waals surface area contributed by atoms with E-state index in [0.29, 0.717) is 11.3 Å². The highest BCUT2D eigenvalue weighted by molar-refractivity contribution is 6.14. The van der Waals surface area contributed by atoms with Crippen LogP contribution in [0.3, 0.4) is 0 Å². The number of phenols is 3. The predicted molar refractivity (Wildman–Crippen MR) is 70.8 cm³/mol. The molecule has 0 unspecified atom stereocenters. The molecule has 0 saturated heterocycles. The third-order valence-corrected chi connectivity index (χ3v) is 2.99. The molecule has 0 spiro atoms. The highest BCUT2D eigenvalue weighted by Gasteiger charge is 2.27. The summed E-state index contributed by atoms with van der Waals surface area (Å²) in [6, 6.07) is 8.94. The van der Waals surface area contributed by atoms with Crippen molar-refractivity contribution in [2.75, 3.05) is 0 Å². The molecular weight excluding hydrogens is 260 g/mol. The van der Waals surface area contributed by atoms with Crippen LogP contribution >= 0.6 is 0 Å². The van der Waals surface area contributed by atoms with E-state index in [0.717, 1.165) is 12.1 Å². The first-order valence-corrected chi connectivity index (χ1v) is 5.84. The molecule has 3 N–H and O–H groups in total. The number of ether oxygens (including phenoxy) is 1. The van der Waals surface area contributed by atoms with Gasteiger partial charge in [0.25, 0.3) is 0 Å². The summed E-state index contributed by atoms with van der Waals surface area (Å²) < 4.78 is 5.40. The van der Waals surface area contributed by atoms with E-state index in [4.69, 9.17) is 4.74 Å². The molecule has 0 fully saturated rings. The van der Waals surface area contributed by atoms with Crippen LogP contribution in [0.5, 0.6) is 23.0 Å². The Morgan fingerprint density at radius 2 is 1.65 bits per heavy atom. The van der Waals surface area contributed by atoms with Gasteiger partial charge in [0.2, 0.25) is 5.78 Å². The molecule has 0 radical (unpaired) electrons. The highest BCUT2D eigenvalue weighted by atomic mass is 16.5. The van der Waals surface area contributed by atoms with Crippen LogP contribution in [0.15, 0.2) is 42.2 Å². The van der Waals surface area contributed by atoms with E-state index >= 15 is 0 Å². The molecule has 0 atom stereocenters. The van der Waals surface area contributed by atoms with Gasteiger partial charge in [-0.15, -0.1) is 0 Å². The van der Waals surface area contributed by atoms with E-state index in [1.54, 1.807) is 24.3 Å². The molecule has 2 aromatic carbocycles. The normalized spacial score (nSPS) is 15.2. The first kappa shape index (κ1) is 12.1. The number of hydrogen-bond acceptors (Lipinski definition) is 5. The predicted octanol–water partition coefficient (Wildman–Crippen LogP) is 2.42. The molecule has 3 rings (SSSR count). The third kappa shape index (κ3) is 1.85. The summed E-state index contributed by atoms with van der Waals surface area (Å²) in [5.41, 5.74) is 0.623. The summed E-state index contributed by atoms with van der Waals surface area (Å²) in [6.07, 6.45) is 1.32. The van der Waals surface area contributed by atoms with E-state index < -0.39 is 11.5 Å². The SMILES string of the molecule is O=C1/C(=C\c2cc(O)c(O)cc2O)Oc2ccccc21. The van der Waals surface area contributed by atoms with Crippen LogP contribution < -0.4 is 4.74 Å². The van der Waals surface area contributed by atoms with Gasteiger partial charge in [0.05, 0.1) is 5.56 Å². The Kier molecular flexibility index (Phi) is 2.61. The van der Waals surface area contributed by atoms with Gasteiger partial charge in [0, 0.05) is 11.6 Å². The quantitative estimate of drug-likeness (QED) is 0.421. The molecule has 5 heteroatoms. The molecule has 1 aliphatic heterocycles. The van der Waals surface area contributed by atoms with Gasteiger partial charge in [-0.3, -0.25) is 4.79 Å². The zero-order valence-electron chi connectivity index (χ0n) is 10.2. The number of phenolic OH excluding ortho intramolecular Hbond substituents is 3. The second-order valence-corrected chi connectivity index (χ2v) is 4.34. The lowest BCUT2D eigenvalue weighted by molar-refractivity contribution is 0.101. The Morgan fingerprint density at radius 1 is 0.950 bits per heavy atom. The number of ketones is 1. The van der Waals surface area contributed by atoms with Crippen LogP contribution in [0, 0.1) is 0 Å². The van der Waals surface area contributed by atoms with Gasteiger partial charge < -0.3 is 20.1 Å². The van der Waals surface area contributed by atoms with E-state index in [2.05, 4.69) is 0 Å². The summed E-state index contributed by atoms with van der Waals surface area (Å²) in [7, 11) is 0. The molecule has 1 aliphatic rings. The average Bonchev–Trinajstić information content (AvgIpc) is 2.73. The van der Waals surface area contributed by atoms with Crippen molar-refractivity contribution in [3.05, 3.63) is 53.3 Å². The fourth-order valence-electron chi connectivity index (χ4n) is 1.97. The van der Waals surface area contributed by atoms with Crippen LogP contribution in [0.1, 0.15) is 15.9 Å². The summed E-state index contributed by atoms with van der Waals surface area (Å²) >= 11 is 0. The van der Waals surface area contributed by atoms with Crippen LogP contribution in [0.25, 0.3) is 6.08 Å². The maximum atomic E-state index is 12.1. The Balaban J connectivity index is 2.04. The number of allylic oxidation sites excluding steroid dienone is 1. The van der Waals surface area contributed by atoms with Crippen molar-refractivity contribution in [1.82, 2.24) is 0 Å². The zero-order chi connectivity index (χ0) is 14.3. The summed E-state index contributed by atoms with van der Waals surface area (Å²) in [4.78, 5) is 12.1. The summed E-state index contributed by atoms with van der Waals surface area (Å²) in [5, 5.41) is 28.4. The number of carbonyl (C=O) groups is 1. The van der Waals surface area contributed by atoms with Gasteiger partial charge in [0.15, 0.2) is 17.3 Å². The standard InChI is InChI=1S/C15H10O5/c16-10-7-12(18)11(17)5-8(10)6-14-15(19)9-3-1-2-4-13(9)20-14/h1-7,16-18H/b14-6+. The highest BCUT2D eigenvalue weighted by Crippen LogP contribution is 2.36. The third-order valence-electron chi connectivity index (χ3n) is 2.99. The minimum absolute atomic E-state index is 0.0478. The lowest BCUT2D eigenvalue weighted by Crippen LogP contribution is -1.98. The second kappa shape index (κ2) is 4.31. The zero-order valence-corrected chi connectivity index (χ0v) is 10.2. The number of fused-ring (bicyclic) bond motifs is 1. The van der Waals surface area contributed by atoms with Gasteiger partial charge in [0.1, 0.15) is 11.5 Å². The lowest BCUT2D eigenvalue weighted by Gasteiger charge is -2.04. The first-order chi connectivity index (χ1) is 9.56. The van der Waals surface area contributed by atoms with Crippen molar-refractivity contribution in [3.63, 3.8) is 0 Å². The lowest BCUT2D eigenvalue weighted by atomic mass is 10.1. The molecular formula is C15H10O5. The van der Waals surface area contributed by atoms with Gasteiger partial charge in [-0.1, -0.05) is 12.1 Å². The topological polar surface area (TPSA) is 87.0 Å². The maximum absolute atomic E-state index is 12.1. The fourth-order valence-corrected chi connectivity index (χ4v) is 1.97. The van der Waals surface area contributed by atoms with Crippen molar-refractivity contribution in [1.29, 1.82) is 0 Å². The summed E-state index contributed by atoms with van der Waals surface area (Å²) in [6.45, 7) is 0. The Hall–Kier alpha value is -2.95. The molecule has 0 aromatic heterocycles. The molecule has 0 saturated carbocycles. The summed E-state index contributed by atoms with van der Waals surface area (Å²) in [5.74, 6) is -0.894. The minimum Gasteiger partial charge on any atom is -0.507 e. The van der Waals surface area contributed by atoms with Crippen molar-refractivity contribution >= 4 is 11.9 Å². The van der Waals surface area contributed by atoms with Gasteiger partial charge in [-0.2, -0.15) is 0 Å². The minimum atomic E-state index is -0.438. The number of rotatable bonds is 1. The van der Waals surface area contributed by atoms with E-state index in [-0.39, 0.29) is 22.9 Å². The second-order valence-electron chi connectivity index (χ2n) is 4.34. The number of benzene rings is 2. The fraction of sp³-hybridized carbons (Fsp3) is 0. The Labute approximate surface area is 114 Å². The smallest absolute Gasteiger partial charge is 0.231 e. The Morgan fingerprint density at radius 3 is 2.40 bits per heavy atom. The number of hydrogen-bond donors (Lipinski definition) is 3. The van der Waals surface area contributed by atoms with Crippen molar-refractivity contribution in [2.45, 2.75) is 0 Å². The molecule has 2 aromatic rings. The molecule has 0 amide bonds. The van der Waals surface area contributed by atoms with Crippen LogP contribution in [-0.4, -0.2) is 21.1 Å². The number of carbonyl (C=O) groups excluding carboxylic acids is 1. The first-order valence-electron chi connectivity index (χ1n) is 5.84. The number of Topliss-reactive ketones (excluding diaryl/α,β-unsaturated/α-hetero) is 1. The molecule has 5 nitrogen and oxygen atoms in total. The van der Waals surface area contributed by atoms with Gasteiger partial charge in [-0.05, 0) is 24.3 Å². The Bertz CT molecular complexity index is 746. The number of aromatic hydroxyl groups is 3. The average molecular weight is 270 g/mol. The van der Waals surface area contributed by atoms with Crippen molar-refractivity contribution in [3.8, 4) is 23.0 Å². The molecule has 0 aliphatic carbocycles. The molecule has 100 valence electrons. The van der Waals surface area contributed by atoms with Crippen LogP contribution in [0.2, 0.25) is 0 Å². The van der Waals surface area contributed by atoms with E-state index in [9.17, 15) is 20.1 Å². The van der Waals surface area contributed by atoms with Crippen LogP contribution in [0.4, 0.5) is 0 Å². The van der Waals surface area contributed by atoms with Gasteiger partial charge in [-0.25, -0.2) is 0 Å². The number of para-hydroxylation sites is 1. The molecule has 0 bridgehead atoms. The monoisotopic (exact) mass is 270 g/mol. The van der Waals surface area contributed by atoms with Crippen molar-refractivity contribution in [2.24, 2.45) is 0 Å². The van der Waals surface area contributed by atoms with Crippen molar-refractivity contribution < 1.29 is 24.9 Å². The van der Waals surface area contributed by atoms with Crippen LogP contribution in [-0.2, 0) is 0 Å².